The molecule has 0 radical (unpaired) electrons. The zero-order chi connectivity index (χ0) is 17.9. The summed E-state index contributed by atoms with van der Waals surface area (Å²) in [6, 6.07) is 19.1. The molecular weight excluding hydrogens is 314 g/mol. The van der Waals surface area contributed by atoms with Gasteiger partial charge in [-0.2, -0.15) is 0 Å². The maximum atomic E-state index is 12.8. The summed E-state index contributed by atoms with van der Waals surface area (Å²) in [6.45, 7) is 2.85. The molecule has 25 heavy (non-hydrogen) atoms. The molecule has 0 bridgehead atoms. The summed E-state index contributed by atoms with van der Waals surface area (Å²) >= 11 is 0. The number of benzene rings is 2. The van der Waals surface area contributed by atoms with Crippen molar-refractivity contribution in [3.8, 4) is 0 Å². The van der Waals surface area contributed by atoms with Crippen LogP contribution in [0.3, 0.4) is 0 Å². The van der Waals surface area contributed by atoms with Crippen LogP contribution in [0.25, 0.3) is 0 Å². The molecule has 4 nitrogen and oxygen atoms in total. The molecule has 1 heterocycles. The van der Waals surface area contributed by atoms with E-state index in [0.29, 0.717) is 25.9 Å². The molecule has 3 rings (SSSR count). The van der Waals surface area contributed by atoms with E-state index in [-0.39, 0.29) is 11.8 Å². The topological polar surface area (TPSA) is 57.6 Å². The molecule has 1 amide bonds. The first-order valence-corrected chi connectivity index (χ1v) is 8.67. The second-order valence-electron chi connectivity index (χ2n) is 6.71. The standard InChI is InChI=1S/C21H23NO3/c1-16(17-8-4-2-5-9-17)19(23)22-14-12-21(13-15-22,20(24)25)18-10-6-3-7-11-18/h2-11,16H,12-15H2,1H3,(H,24,25)/t16-/m1/s1. The Labute approximate surface area is 148 Å². The number of carboxylic acids is 1. The van der Waals surface area contributed by atoms with E-state index >= 15 is 0 Å². The number of amides is 1. The van der Waals surface area contributed by atoms with Crippen LogP contribution in [-0.2, 0) is 15.0 Å². The third-order valence-corrected chi connectivity index (χ3v) is 5.33. The number of hydrogen-bond donors (Lipinski definition) is 1. The van der Waals surface area contributed by atoms with Crippen LogP contribution in [-0.4, -0.2) is 35.0 Å². The van der Waals surface area contributed by atoms with Crippen molar-refractivity contribution < 1.29 is 14.7 Å². The van der Waals surface area contributed by atoms with Crippen molar-refractivity contribution in [1.82, 2.24) is 4.90 Å². The van der Waals surface area contributed by atoms with Gasteiger partial charge in [-0.05, 0) is 30.9 Å². The second-order valence-corrected chi connectivity index (χ2v) is 6.71. The lowest BCUT2D eigenvalue weighted by Crippen LogP contribution is -2.49. The van der Waals surface area contributed by atoms with Crippen LogP contribution in [0.1, 0.15) is 36.8 Å². The number of likely N-dealkylation sites (tertiary alicyclic amines) is 1. The van der Waals surface area contributed by atoms with Gasteiger partial charge >= 0.3 is 5.97 Å². The summed E-state index contributed by atoms with van der Waals surface area (Å²) in [4.78, 5) is 26.6. The van der Waals surface area contributed by atoms with Gasteiger partial charge in [0.25, 0.3) is 0 Å². The fraction of sp³-hybridized carbons (Fsp3) is 0.333. The fourth-order valence-corrected chi connectivity index (χ4v) is 3.65. The first-order valence-electron chi connectivity index (χ1n) is 8.67. The van der Waals surface area contributed by atoms with Gasteiger partial charge in [-0.25, -0.2) is 0 Å². The summed E-state index contributed by atoms with van der Waals surface area (Å²) in [5.41, 5.74) is 0.921. The zero-order valence-corrected chi connectivity index (χ0v) is 14.4. The molecule has 4 heteroatoms. The predicted molar refractivity (Wildman–Crippen MR) is 96.4 cm³/mol. The average Bonchev–Trinajstić information content (AvgIpc) is 2.68. The molecule has 1 aliphatic heterocycles. The summed E-state index contributed by atoms with van der Waals surface area (Å²) in [7, 11) is 0. The highest BCUT2D eigenvalue weighted by Crippen LogP contribution is 2.36. The third-order valence-electron chi connectivity index (χ3n) is 5.33. The first kappa shape index (κ1) is 17.2. The predicted octanol–water partition coefficient (Wildman–Crippen LogP) is 3.44. The Morgan fingerprint density at radius 2 is 1.48 bits per heavy atom. The van der Waals surface area contributed by atoms with Crippen LogP contribution in [0.15, 0.2) is 60.7 Å². The third kappa shape index (κ3) is 3.29. The van der Waals surface area contributed by atoms with Crippen molar-refractivity contribution in [2.24, 2.45) is 0 Å². The highest BCUT2D eigenvalue weighted by atomic mass is 16.4. The zero-order valence-electron chi connectivity index (χ0n) is 14.4. The van der Waals surface area contributed by atoms with Crippen molar-refractivity contribution in [3.05, 3.63) is 71.8 Å². The smallest absolute Gasteiger partial charge is 0.314 e. The van der Waals surface area contributed by atoms with Gasteiger partial charge in [0.1, 0.15) is 0 Å². The number of carbonyl (C=O) groups excluding carboxylic acids is 1. The minimum Gasteiger partial charge on any atom is -0.481 e. The molecule has 1 aliphatic rings. The van der Waals surface area contributed by atoms with E-state index in [1.807, 2.05) is 72.5 Å². The SMILES string of the molecule is C[C@@H](C(=O)N1CCC(C(=O)O)(c2ccccc2)CC1)c1ccccc1. The number of carbonyl (C=O) groups is 2. The number of aliphatic carboxylic acids is 1. The van der Waals surface area contributed by atoms with E-state index in [2.05, 4.69) is 0 Å². The average molecular weight is 337 g/mol. The van der Waals surface area contributed by atoms with E-state index < -0.39 is 11.4 Å². The van der Waals surface area contributed by atoms with Crippen molar-refractivity contribution in [2.75, 3.05) is 13.1 Å². The number of rotatable bonds is 4. The minimum atomic E-state index is -0.895. The summed E-state index contributed by atoms with van der Waals surface area (Å²) < 4.78 is 0. The summed E-state index contributed by atoms with van der Waals surface area (Å²) in [5, 5.41) is 9.85. The molecule has 0 saturated carbocycles. The van der Waals surface area contributed by atoms with Gasteiger partial charge in [-0.15, -0.1) is 0 Å². The lowest BCUT2D eigenvalue weighted by molar-refractivity contribution is -0.148. The minimum absolute atomic E-state index is 0.0678. The maximum Gasteiger partial charge on any atom is 0.314 e. The van der Waals surface area contributed by atoms with Crippen LogP contribution in [0.4, 0.5) is 0 Å². The van der Waals surface area contributed by atoms with Crippen molar-refractivity contribution in [3.63, 3.8) is 0 Å². The Kier molecular flexibility index (Phi) is 4.88. The molecule has 1 atom stereocenters. The van der Waals surface area contributed by atoms with Gasteiger partial charge in [0.15, 0.2) is 0 Å². The molecule has 1 N–H and O–H groups in total. The Morgan fingerprint density at radius 1 is 0.960 bits per heavy atom. The van der Waals surface area contributed by atoms with Crippen molar-refractivity contribution >= 4 is 11.9 Å². The van der Waals surface area contributed by atoms with E-state index in [9.17, 15) is 14.7 Å². The Balaban J connectivity index is 1.74. The number of nitrogens with zero attached hydrogens (tertiary/aromatic N) is 1. The van der Waals surface area contributed by atoms with Crippen LogP contribution >= 0.6 is 0 Å². The second kappa shape index (κ2) is 7.09. The number of piperidine rings is 1. The van der Waals surface area contributed by atoms with Crippen molar-refractivity contribution in [2.45, 2.75) is 31.1 Å². The first-order chi connectivity index (χ1) is 12.0. The molecule has 1 saturated heterocycles. The van der Waals surface area contributed by atoms with Crippen LogP contribution in [0.2, 0.25) is 0 Å². The fourth-order valence-electron chi connectivity index (χ4n) is 3.65. The largest absolute Gasteiger partial charge is 0.481 e. The van der Waals surface area contributed by atoms with Gasteiger partial charge in [0, 0.05) is 13.1 Å². The van der Waals surface area contributed by atoms with Gasteiger partial charge in [-0.3, -0.25) is 9.59 Å². The normalized spacial score (nSPS) is 17.7. The van der Waals surface area contributed by atoms with Crippen LogP contribution in [0.5, 0.6) is 0 Å². The monoisotopic (exact) mass is 337 g/mol. The Morgan fingerprint density at radius 3 is 2.00 bits per heavy atom. The van der Waals surface area contributed by atoms with Crippen LogP contribution < -0.4 is 0 Å². The number of carboxylic acid groups (broad SMARTS) is 1. The van der Waals surface area contributed by atoms with Crippen LogP contribution in [0, 0.1) is 0 Å². The van der Waals surface area contributed by atoms with E-state index in [1.165, 1.54) is 0 Å². The number of hydrogen-bond acceptors (Lipinski definition) is 2. The van der Waals surface area contributed by atoms with E-state index in [4.69, 9.17) is 0 Å². The van der Waals surface area contributed by atoms with Gasteiger partial charge in [0.05, 0.1) is 11.3 Å². The molecule has 2 aromatic rings. The summed E-state index contributed by atoms with van der Waals surface area (Å²) in [6.07, 6.45) is 0.888. The van der Waals surface area contributed by atoms with Gasteiger partial charge in [0.2, 0.25) is 5.91 Å². The molecule has 0 aliphatic carbocycles. The Hall–Kier alpha value is -2.62. The molecule has 0 unspecified atom stereocenters. The maximum absolute atomic E-state index is 12.8. The molecule has 1 fully saturated rings. The van der Waals surface area contributed by atoms with Gasteiger partial charge in [-0.1, -0.05) is 60.7 Å². The highest BCUT2D eigenvalue weighted by molar-refractivity contribution is 5.85. The van der Waals surface area contributed by atoms with Crippen molar-refractivity contribution in [1.29, 1.82) is 0 Å². The Bertz CT molecular complexity index is 734. The van der Waals surface area contributed by atoms with E-state index in [1.54, 1.807) is 0 Å². The lowest BCUT2D eigenvalue weighted by atomic mass is 9.72. The highest BCUT2D eigenvalue weighted by Gasteiger charge is 2.44. The molecule has 2 aromatic carbocycles. The molecule has 0 aromatic heterocycles. The van der Waals surface area contributed by atoms with E-state index in [0.717, 1.165) is 11.1 Å². The summed E-state index contributed by atoms with van der Waals surface area (Å²) in [5.74, 6) is -0.949. The quantitative estimate of drug-likeness (QED) is 0.930. The van der Waals surface area contributed by atoms with Gasteiger partial charge < -0.3 is 10.0 Å². The molecular formula is C21H23NO3. The molecule has 0 spiro atoms. The lowest BCUT2D eigenvalue weighted by Gasteiger charge is -2.40. The molecule has 130 valence electrons.